The molecule has 1 fully saturated rings. The topological polar surface area (TPSA) is 53.0 Å². The summed E-state index contributed by atoms with van der Waals surface area (Å²) in [5, 5.41) is 1.18. The van der Waals surface area contributed by atoms with E-state index in [-0.39, 0.29) is 18.2 Å². The van der Waals surface area contributed by atoms with E-state index in [4.69, 9.17) is 11.6 Å². The number of nitrogens with zero attached hydrogens (tertiary/aromatic N) is 3. The molecule has 19 heavy (non-hydrogen) atoms. The van der Waals surface area contributed by atoms with Crippen LogP contribution in [0.15, 0.2) is 29.3 Å². The van der Waals surface area contributed by atoms with E-state index in [2.05, 4.69) is 4.99 Å². The highest BCUT2D eigenvalue weighted by molar-refractivity contribution is 8.14. The molecule has 2 aliphatic rings. The number of rotatable bonds is 1. The molecule has 2 amide bonds. The maximum Gasteiger partial charge on any atom is 0.257 e. The quantitative estimate of drug-likeness (QED) is 0.743. The van der Waals surface area contributed by atoms with Crippen LogP contribution in [0.25, 0.3) is 0 Å². The van der Waals surface area contributed by atoms with E-state index in [0.29, 0.717) is 22.7 Å². The van der Waals surface area contributed by atoms with Gasteiger partial charge in [0.15, 0.2) is 5.17 Å². The van der Waals surface area contributed by atoms with Crippen LogP contribution >= 0.6 is 23.4 Å². The van der Waals surface area contributed by atoms with E-state index < -0.39 is 0 Å². The lowest BCUT2D eigenvalue weighted by molar-refractivity contribution is -0.133. The maximum atomic E-state index is 11.8. The first-order valence-corrected chi connectivity index (χ1v) is 7.05. The summed E-state index contributed by atoms with van der Waals surface area (Å²) in [5.41, 5.74) is 0.987. The summed E-state index contributed by atoms with van der Waals surface area (Å²) in [5.74, 6) is 0.0993. The second kappa shape index (κ2) is 4.86. The molecule has 1 aromatic carbocycles. The second-order valence-corrected chi connectivity index (χ2v) is 5.57. The Morgan fingerprint density at radius 1 is 1.21 bits per heavy atom. The third-order valence-electron chi connectivity index (χ3n) is 2.91. The number of carbonyl (C=O) groups is 2. The number of hydrogen-bond acceptors (Lipinski definition) is 4. The Kier molecular flexibility index (Phi) is 3.20. The zero-order valence-electron chi connectivity index (χ0n) is 9.88. The molecule has 0 aromatic heterocycles. The lowest BCUT2D eigenvalue weighted by Crippen LogP contribution is -2.51. The summed E-state index contributed by atoms with van der Waals surface area (Å²) < 4.78 is 0. The molecule has 0 radical (unpaired) electrons. The van der Waals surface area contributed by atoms with Gasteiger partial charge in [0.2, 0.25) is 5.91 Å². The van der Waals surface area contributed by atoms with Gasteiger partial charge in [-0.3, -0.25) is 14.5 Å². The van der Waals surface area contributed by atoms with Gasteiger partial charge in [-0.15, -0.1) is 0 Å². The van der Waals surface area contributed by atoms with Gasteiger partial charge >= 0.3 is 0 Å². The number of thioether (sulfide) groups is 1. The highest BCUT2D eigenvalue weighted by Crippen LogP contribution is 2.27. The van der Waals surface area contributed by atoms with Gasteiger partial charge < -0.3 is 4.90 Å². The number of amides is 2. The average Bonchev–Trinajstić information content (AvgIpc) is 2.39. The van der Waals surface area contributed by atoms with Crippen molar-refractivity contribution in [3.05, 3.63) is 29.3 Å². The first-order chi connectivity index (χ1) is 9.13. The molecule has 0 saturated carbocycles. The molecule has 0 atom stereocenters. The van der Waals surface area contributed by atoms with Crippen LogP contribution in [0.4, 0.5) is 5.69 Å². The minimum Gasteiger partial charge on any atom is -0.344 e. The Morgan fingerprint density at radius 2 is 1.95 bits per heavy atom. The fourth-order valence-electron chi connectivity index (χ4n) is 1.94. The van der Waals surface area contributed by atoms with Gasteiger partial charge in [0.25, 0.3) is 5.91 Å². The molecule has 98 valence electrons. The smallest absolute Gasteiger partial charge is 0.257 e. The molecule has 0 bridgehead atoms. The number of aliphatic imine (C=N–C) groups is 1. The van der Waals surface area contributed by atoms with Gasteiger partial charge in [-0.1, -0.05) is 23.4 Å². The molecule has 2 aliphatic heterocycles. The Morgan fingerprint density at radius 3 is 2.68 bits per heavy atom. The molecular weight excluding hydrogens is 286 g/mol. The molecule has 1 aromatic rings. The van der Waals surface area contributed by atoms with Crippen LogP contribution in [0, 0.1) is 0 Å². The van der Waals surface area contributed by atoms with Crippen LogP contribution in [0.3, 0.4) is 0 Å². The highest BCUT2D eigenvalue weighted by atomic mass is 35.5. The summed E-state index contributed by atoms with van der Waals surface area (Å²) >= 11 is 7.24. The van der Waals surface area contributed by atoms with E-state index in [1.165, 1.54) is 11.8 Å². The molecule has 7 heteroatoms. The third-order valence-corrected chi connectivity index (χ3v) is 4.17. The molecule has 2 heterocycles. The van der Waals surface area contributed by atoms with Gasteiger partial charge in [-0.05, 0) is 24.3 Å². The number of anilines is 1. The van der Waals surface area contributed by atoms with Gasteiger partial charge in [-0.2, -0.15) is 4.99 Å². The Balaban J connectivity index is 1.82. The first-order valence-electron chi connectivity index (χ1n) is 5.69. The predicted molar refractivity (Wildman–Crippen MR) is 75.2 cm³/mol. The van der Waals surface area contributed by atoms with Gasteiger partial charge in [0, 0.05) is 10.7 Å². The summed E-state index contributed by atoms with van der Waals surface area (Å²) in [6, 6.07) is 7.44. The summed E-state index contributed by atoms with van der Waals surface area (Å²) in [6.45, 7) is 0.416. The van der Waals surface area contributed by atoms with Crippen LogP contribution in [0.5, 0.6) is 0 Å². The third kappa shape index (κ3) is 2.46. The lowest BCUT2D eigenvalue weighted by Gasteiger charge is -2.38. The van der Waals surface area contributed by atoms with Gasteiger partial charge in [0.05, 0.1) is 5.88 Å². The van der Waals surface area contributed by atoms with Gasteiger partial charge in [0.1, 0.15) is 13.1 Å². The van der Waals surface area contributed by atoms with Crippen LogP contribution in [-0.4, -0.2) is 34.4 Å². The van der Waals surface area contributed by atoms with Crippen molar-refractivity contribution < 1.29 is 9.59 Å². The maximum absolute atomic E-state index is 11.8. The standard InChI is InChI=1S/C12H10ClN3O2S/c13-8-1-3-9(4-2-8)15-6-16-11(18)5-10(17)14-12(16)19-7-15/h1-4H,5-7H2. The molecule has 0 aliphatic carbocycles. The number of benzene rings is 1. The fraction of sp³-hybridized carbons (Fsp3) is 0.250. The van der Waals surface area contributed by atoms with Crippen molar-refractivity contribution in [3.63, 3.8) is 0 Å². The minimum absolute atomic E-state index is 0.140. The predicted octanol–water partition coefficient (Wildman–Crippen LogP) is 1.92. The van der Waals surface area contributed by atoms with Crippen LogP contribution < -0.4 is 4.90 Å². The van der Waals surface area contributed by atoms with Crippen molar-refractivity contribution in [3.8, 4) is 0 Å². The minimum atomic E-state index is -0.358. The average molecular weight is 296 g/mol. The number of amidine groups is 1. The molecule has 3 rings (SSSR count). The van der Waals surface area contributed by atoms with Gasteiger partial charge in [-0.25, -0.2) is 0 Å². The molecule has 5 nitrogen and oxygen atoms in total. The van der Waals surface area contributed by atoms with Crippen molar-refractivity contribution >= 4 is 46.0 Å². The molecule has 0 spiro atoms. The van der Waals surface area contributed by atoms with Crippen LogP contribution in [-0.2, 0) is 9.59 Å². The molecule has 0 unspecified atom stereocenters. The fourth-order valence-corrected chi connectivity index (χ4v) is 3.05. The first kappa shape index (κ1) is 12.5. The largest absolute Gasteiger partial charge is 0.344 e. The van der Waals surface area contributed by atoms with Crippen LogP contribution in [0.1, 0.15) is 6.42 Å². The van der Waals surface area contributed by atoms with Crippen molar-refractivity contribution in [2.45, 2.75) is 6.42 Å². The number of carbonyl (C=O) groups excluding carboxylic acids is 2. The lowest BCUT2D eigenvalue weighted by atomic mass is 10.3. The van der Waals surface area contributed by atoms with Crippen molar-refractivity contribution in [2.24, 2.45) is 4.99 Å². The highest BCUT2D eigenvalue weighted by Gasteiger charge is 2.33. The number of fused-ring (bicyclic) bond motifs is 1. The van der Waals surface area contributed by atoms with Crippen molar-refractivity contribution in [1.29, 1.82) is 0 Å². The normalized spacial score (nSPS) is 19.3. The Hall–Kier alpha value is -1.53. The zero-order chi connectivity index (χ0) is 13.4. The van der Waals surface area contributed by atoms with E-state index in [1.54, 1.807) is 4.90 Å². The Bertz CT molecular complexity index is 573. The SMILES string of the molecule is O=C1CC(=O)N2CN(c3ccc(Cl)cc3)CSC2=N1. The summed E-state index contributed by atoms with van der Waals surface area (Å²) in [7, 11) is 0. The van der Waals surface area contributed by atoms with E-state index >= 15 is 0 Å². The molecule has 0 N–H and O–H groups in total. The van der Waals surface area contributed by atoms with Crippen LogP contribution in [0.2, 0.25) is 5.02 Å². The summed E-state index contributed by atoms with van der Waals surface area (Å²) in [4.78, 5) is 30.5. The zero-order valence-corrected chi connectivity index (χ0v) is 11.4. The Labute approximate surface area is 119 Å². The van der Waals surface area contributed by atoms with E-state index in [9.17, 15) is 9.59 Å². The number of halogens is 1. The van der Waals surface area contributed by atoms with E-state index in [0.717, 1.165) is 5.69 Å². The summed E-state index contributed by atoms with van der Waals surface area (Å²) in [6.07, 6.45) is -0.140. The monoisotopic (exact) mass is 295 g/mol. The van der Waals surface area contributed by atoms with Crippen molar-refractivity contribution in [1.82, 2.24) is 4.90 Å². The second-order valence-electron chi connectivity index (χ2n) is 4.22. The van der Waals surface area contributed by atoms with Crippen molar-refractivity contribution in [2.75, 3.05) is 17.4 Å². The molecule has 1 saturated heterocycles. The van der Waals surface area contributed by atoms with E-state index in [1.807, 2.05) is 29.2 Å². The molecular formula is C12H10ClN3O2S. The number of hydrogen-bond donors (Lipinski definition) is 0.